The van der Waals surface area contributed by atoms with Crippen molar-refractivity contribution < 1.29 is 0 Å². The SMILES string of the molecule is CC1CC2(CC3c4ccccc4CCC13)SCCS2. The van der Waals surface area contributed by atoms with Gasteiger partial charge in [-0.2, -0.15) is 0 Å². The van der Waals surface area contributed by atoms with Crippen molar-refractivity contribution >= 4 is 23.5 Å². The molecule has 2 aliphatic carbocycles. The maximum atomic E-state index is 2.52. The van der Waals surface area contributed by atoms with Gasteiger partial charge in [0.15, 0.2) is 0 Å². The molecule has 2 heteroatoms. The van der Waals surface area contributed by atoms with E-state index in [2.05, 4.69) is 54.7 Å². The molecule has 19 heavy (non-hydrogen) atoms. The van der Waals surface area contributed by atoms with Crippen molar-refractivity contribution in [2.75, 3.05) is 11.5 Å². The van der Waals surface area contributed by atoms with Gasteiger partial charge in [0.05, 0.1) is 4.08 Å². The van der Waals surface area contributed by atoms with Crippen molar-refractivity contribution in [3.63, 3.8) is 0 Å². The number of thioether (sulfide) groups is 2. The van der Waals surface area contributed by atoms with Gasteiger partial charge in [0.25, 0.3) is 0 Å². The summed E-state index contributed by atoms with van der Waals surface area (Å²) in [6.45, 7) is 2.52. The third kappa shape index (κ3) is 2.06. The molecule has 1 aromatic rings. The molecule has 0 amide bonds. The van der Waals surface area contributed by atoms with Crippen LogP contribution < -0.4 is 0 Å². The van der Waals surface area contributed by atoms with Crippen molar-refractivity contribution in [1.29, 1.82) is 0 Å². The van der Waals surface area contributed by atoms with Crippen LogP contribution >= 0.6 is 23.5 Å². The van der Waals surface area contributed by atoms with E-state index in [1.165, 1.54) is 37.2 Å². The van der Waals surface area contributed by atoms with E-state index in [0.717, 1.165) is 17.8 Å². The second-order valence-corrected chi connectivity index (χ2v) is 9.72. The van der Waals surface area contributed by atoms with E-state index in [1.54, 1.807) is 11.1 Å². The first kappa shape index (κ1) is 12.6. The van der Waals surface area contributed by atoms with Gasteiger partial charge in [0.1, 0.15) is 0 Å². The fourth-order valence-corrected chi connectivity index (χ4v) is 8.21. The molecule has 102 valence electrons. The molecule has 3 unspecified atom stereocenters. The van der Waals surface area contributed by atoms with Gasteiger partial charge in [-0.3, -0.25) is 0 Å². The average molecular weight is 290 g/mol. The Morgan fingerprint density at radius 1 is 1.11 bits per heavy atom. The summed E-state index contributed by atoms with van der Waals surface area (Å²) in [5.41, 5.74) is 3.33. The van der Waals surface area contributed by atoms with Crippen molar-refractivity contribution in [3.05, 3.63) is 35.4 Å². The Balaban J connectivity index is 1.72. The Bertz CT molecular complexity index is 476. The largest absolute Gasteiger partial charge is 0.143 e. The molecule has 1 saturated carbocycles. The summed E-state index contributed by atoms with van der Waals surface area (Å²) >= 11 is 4.53. The van der Waals surface area contributed by atoms with Crippen molar-refractivity contribution in [2.45, 2.75) is 42.6 Å². The lowest BCUT2D eigenvalue weighted by atomic mass is 9.64. The molecule has 3 aliphatic rings. The second kappa shape index (κ2) is 4.73. The lowest BCUT2D eigenvalue weighted by Crippen LogP contribution is -2.39. The number of fused-ring (bicyclic) bond motifs is 3. The highest BCUT2D eigenvalue weighted by Gasteiger charge is 2.48. The first-order chi connectivity index (χ1) is 9.27. The standard InChI is InChI=1S/C17H22S2/c1-12-10-17(18-8-9-19-17)11-16-14(12)7-6-13-4-2-3-5-15(13)16/h2-5,12,14,16H,6-11H2,1H3. The Hall–Kier alpha value is -0.0800. The lowest BCUT2D eigenvalue weighted by molar-refractivity contribution is 0.192. The number of hydrogen-bond acceptors (Lipinski definition) is 2. The van der Waals surface area contributed by atoms with Gasteiger partial charge in [-0.15, -0.1) is 23.5 Å². The first-order valence-corrected chi connectivity index (χ1v) is 9.60. The zero-order valence-electron chi connectivity index (χ0n) is 11.6. The van der Waals surface area contributed by atoms with Crippen molar-refractivity contribution in [2.24, 2.45) is 11.8 Å². The van der Waals surface area contributed by atoms with Crippen molar-refractivity contribution in [3.8, 4) is 0 Å². The van der Waals surface area contributed by atoms with Gasteiger partial charge >= 0.3 is 0 Å². The normalized spacial score (nSPS) is 35.9. The fourth-order valence-electron chi connectivity index (χ4n) is 4.61. The van der Waals surface area contributed by atoms with Crippen LogP contribution in [-0.2, 0) is 6.42 Å². The summed E-state index contributed by atoms with van der Waals surface area (Å²) in [6, 6.07) is 9.26. The third-order valence-electron chi connectivity index (χ3n) is 5.43. The van der Waals surface area contributed by atoms with Crippen LogP contribution in [0.5, 0.6) is 0 Å². The molecule has 0 bridgehead atoms. The molecule has 0 aromatic heterocycles. The Morgan fingerprint density at radius 3 is 2.74 bits per heavy atom. The van der Waals surface area contributed by atoms with Gasteiger partial charge in [0, 0.05) is 11.5 Å². The van der Waals surface area contributed by atoms with Gasteiger partial charge in [0.2, 0.25) is 0 Å². The minimum absolute atomic E-state index is 0.561. The summed E-state index contributed by atoms with van der Waals surface area (Å²) in [6.07, 6.45) is 5.61. The minimum atomic E-state index is 0.561. The summed E-state index contributed by atoms with van der Waals surface area (Å²) in [5, 5.41) is 0. The molecule has 0 radical (unpaired) electrons. The number of hydrogen-bond donors (Lipinski definition) is 0. The average Bonchev–Trinajstić information content (AvgIpc) is 2.86. The maximum Gasteiger partial charge on any atom is 0.0620 e. The summed E-state index contributed by atoms with van der Waals surface area (Å²) in [5.74, 6) is 5.44. The van der Waals surface area contributed by atoms with Crippen LogP contribution in [-0.4, -0.2) is 15.6 Å². The van der Waals surface area contributed by atoms with E-state index in [4.69, 9.17) is 0 Å². The third-order valence-corrected chi connectivity index (χ3v) is 8.93. The summed E-state index contributed by atoms with van der Waals surface area (Å²) in [7, 11) is 0. The van der Waals surface area contributed by atoms with E-state index in [0.29, 0.717) is 4.08 Å². The van der Waals surface area contributed by atoms with E-state index in [1.807, 2.05) is 0 Å². The molecule has 2 fully saturated rings. The maximum absolute atomic E-state index is 2.52. The molecular formula is C17H22S2. The van der Waals surface area contributed by atoms with E-state index in [-0.39, 0.29) is 0 Å². The van der Waals surface area contributed by atoms with Gasteiger partial charge in [-0.1, -0.05) is 31.2 Å². The highest BCUT2D eigenvalue weighted by atomic mass is 32.2. The predicted molar refractivity (Wildman–Crippen MR) is 87.0 cm³/mol. The van der Waals surface area contributed by atoms with Gasteiger partial charge in [-0.05, 0) is 54.6 Å². The minimum Gasteiger partial charge on any atom is -0.143 e. The fraction of sp³-hybridized carbons (Fsp3) is 0.647. The number of rotatable bonds is 0. The molecule has 1 saturated heterocycles. The Kier molecular flexibility index (Phi) is 3.15. The van der Waals surface area contributed by atoms with Crippen LogP contribution in [0, 0.1) is 11.8 Å². The summed E-state index contributed by atoms with van der Waals surface area (Å²) in [4.78, 5) is 0. The molecule has 3 atom stereocenters. The van der Waals surface area contributed by atoms with E-state index >= 15 is 0 Å². The lowest BCUT2D eigenvalue weighted by Gasteiger charge is -2.48. The molecule has 1 spiro atoms. The quantitative estimate of drug-likeness (QED) is 0.664. The van der Waals surface area contributed by atoms with Crippen LogP contribution in [0.2, 0.25) is 0 Å². The van der Waals surface area contributed by atoms with Crippen LogP contribution in [0.15, 0.2) is 24.3 Å². The number of aryl methyl sites for hydroxylation is 1. The van der Waals surface area contributed by atoms with Crippen LogP contribution in [0.4, 0.5) is 0 Å². The highest BCUT2D eigenvalue weighted by Crippen LogP contribution is 2.61. The van der Waals surface area contributed by atoms with E-state index in [9.17, 15) is 0 Å². The number of benzene rings is 1. The van der Waals surface area contributed by atoms with Crippen molar-refractivity contribution in [1.82, 2.24) is 0 Å². The zero-order chi connectivity index (χ0) is 12.9. The van der Waals surface area contributed by atoms with Crippen LogP contribution in [0.3, 0.4) is 0 Å². The van der Waals surface area contributed by atoms with Crippen LogP contribution in [0.1, 0.15) is 43.2 Å². The predicted octanol–water partition coefficient (Wildman–Crippen LogP) is 4.94. The van der Waals surface area contributed by atoms with E-state index < -0.39 is 0 Å². The molecular weight excluding hydrogens is 268 g/mol. The molecule has 1 heterocycles. The van der Waals surface area contributed by atoms with Gasteiger partial charge < -0.3 is 0 Å². The smallest absolute Gasteiger partial charge is 0.0620 e. The Morgan fingerprint density at radius 2 is 1.89 bits per heavy atom. The molecule has 1 aliphatic heterocycles. The van der Waals surface area contributed by atoms with Crippen LogP contribution in [0.25, 0.3) is 0 Å². The Labute approximate surface area is 125 Å². The van der Waals surface area contributed by atoms with Gasteiger partial charge in [-0.25, -0.2) is 0 Å². The molecule has 0 nitrogen and oxygen atoms in total. The second-order valence-electron chi connectivity index (χ2n) is 6.50. The topological polar surface area (TPSA) is 0 Å². The molecule has 4 rings (SSSR count). The highest BCUT2D eigenvalue weighted by molar-refractivity contribution is 8.21. The molecule has 0 N–H and O–H groups in total. The first-order valence-electron chi connectivity index (χ1n) is 7.63. The zero-order valence-corrected chi connectivity index (χ0v) is 13.2. The monoisotopic (exact) mass is 290 g/mol. The molecule has 1 aromatic carbocycles. The summed E-state index contributed by atoms with van der Waals surface area (Å²) < 4.78 is 0.561.